The molecule has 0 aromatic heterocycles. The molecule has 1 aromatic rings. The van der Waals surface area contributed by atoms with Crippen LogP contribution in [-0.2, 0) is 11.2 Å². The Morgan fingerprint density at radius 2 is 2.05 bits per heavy atom. The zero-order valence-electron chi connectivity index (χ0n) is 12.5. The fourth-order valence-electron chi connectivity index (χ4n) is 2.63. The predicted octanol–water partition coefficient (Wildman–Crippen LogP) is 3.19. The fraction of sp³-hybridized carbons (Fsp3) is 0.562. The molecule has 1 heterocycles. The Labute approximate surface area is 115 Å². The summed E-state index contributed by atoms with van der Waals surface area (Å²) in [6.45, 7) is 8.83. The Bertz CT molecular complexity index is 488. The molecule has 0 fully saturated rings. The number of hydrogen-bond donors (Lipinski definition) is 0. The van der Waals surface area contributed by atoms with Crippen molar-refractivity contribution in [1.29, 1.82) is 0 Å². The lowest BCUT2D eigenvalue weighted by Gasteiger charge is -2.39. The average molecular weight is 261 g/mol. The molecule has 3 heteroatoms. The third-order valence-electron chi connectivity index (χ3n) is 3.80. The van der Waals surface area contributed by atoms with Gasteiger partial charge in [0.1, 0.15) is 5.75 Å². The minimum atomic E-state index is -0.329. The number of hydrogen-bond acceptors (Lipinski definition) is 2. The van der Waals surface area contributed by atoms with Crippen molar-refractivity contribution >= 4 is 5.91 Å². The third kappa shape index (κ3) is 2.60. The number of methoxy groups -OCH3 is 1. The molecule has 0 saturated carbocycles. The maximum absolute atomic E-state index is 12.5. The highest BCUT2D eigenvalue weighted by atomic mass is 16.5. The zero-order valence-corrected chi connectivity index (χ0v) is 12.5. The molecule has 0 saturated heterocycles. The van der Waals surface area contributed by atoms with Gasteiger partial charge in [-0.05, 0) is 36.6 Å². The Kier molecular flexibility index (Phi) is 3.57. The van der Waals surface area contributed by atoms with Crippen LogP contribution in [0.3, 0.4) is 0 Å². The Hall–Kier alpha value is -1.51. The minimum absolute atomic E-state index is 0.116. The first kappa shape index (κ1) is 13.9. The van der Waals surface area contributed by atoms with E-state index in [1.54, 1.807) is 7.11 Å². The van der Waals surface area contributed by atoms with Crippen molar-refractivity contribution in [1.82, 2.24) is 4.90 Å². The summed E-state index contributed by atoms with van der Waals surface area (Å²) >= 11 is 0. The smallest absolute Gasteiger partial charge is 0.228 e. The number of fused-ring (bicyclic) bond motifs is 1. The summed E-state index contributed by atoms with van der Waals surface area (Å²) in [6.07, 6.45) is 0.922. The molecule has 104 valence electrons. The summed E-state index contributed by atoms with van der Waals surface area (Å²) in [5.74, 6) is 1.07. The lowest BCUT2D eigenvalue weighted by Crippen LogP contribution is -2.44. The van der Waals surface area contributed by atoms with E-state index in [-0.39, 0.29) is 17.4 Å². The Balaban J connectivity index is 2.33. The molecule has 1 aromatic carbocycles. The highest BCUT2D eigenvalue weighted by Crippen LogP contribution is 2.34. The van der Waals surface area contributed by atoms with Crippen molar-refractivity contribution in [3.63, 3.8) is 0 Å². The Morgan fingerprint density at radius 3 is 2.63 bits per heavy atom. The number of nitrogens with zero attached hydrogens (tertiary/aromatic N) is 1. The number of carbonyl (C=O) groups excluding carboxylic acids is 1. The first-order chi connectivity index (χ1) is 8.84. The van der Waals surface area contributed by atoms with Crippen molar-refractivity contribution < 1.29 is 9.53 Å². The number of amides is 1. The maximum atomic E-state index is 12.5. The van der Waals surface area contributed by atoms with Crippen LogP contribution in [-0.4, -0.2) is 24.5 Å². The quantitative estimate of drug-likeness (QED) is 0.777. The second-order valence-electron chi connectivity index (χ2n) is 6.24. The van der Waals surface area contributed by atoms with Gasteiger partial charge in [0.25, 0.3) is 0 Å². The molecule has 0 aliphatic carbocycles. The van der Waals surface area contributed by atoms with E-state index in [0.29, 0.717) is 0 Å². The second-order valence-corrected chi connectivity index (χ2v) is 6.24. The monoisotopic (exact) mass is 261 g/mol. The van der Waals surface area contributed by atoms with Gasteiger partial charge in [-0.3, -0.25) is 4.79 Å². The summed E-state index contributed by atoms with van der Waals surface area (Å²) in [7, 11) is 1.67. The van der Waals surface area contributed by atoms with Crippen LogP contribution in [0.4, 0.5) is 0 Å². The van der Waals surface area contributed by atoms with Gasteiger partial charge >= 0.3 is 0 Å². The molecule has 1 unspecified atom stereocenters. The normalized spacial score (nSPS) is 19.0. The lowest BCUT2D eigenvalue weighted by molar-refractivity contribution is -0.142. The van der Waals surface area contributed by atoms with Gasteiger partial charge in [-0.25, -0.2) is 0 Å². The SMILES string of the molecule is COc1ccc2c(c1)C(C)N(C(=O)C(C)(C)C)CC2. The molecular formula is C16H23NO2. The topological polar surface area (TPSA) is 29.5 Å². The van der Waals surface area contributed by atoms with Gasteiger partial charge in [0, 0.05) is 12.0 Å². The van der Waals surface area contributed by atoms with Gasteiger partial charge < -0.3 is 9.64 Å². The van der Waals surface area contributed by atoms with Crippen molar-refractivity contribution in [2.45, 2.75) is 40.2 Å². The number of carbonyl (C=O) groups is 1. The molecule has 0 N–H and O–H groups in total. The zero-order chi connectivity index (χ0) is 14.2. The highest BCUT2D eigenvalue weighted by Gasteiger charge is 2.33. The van der Waals surface area contributed by atoms with Gasteiger partial charge in [-0.15, -0.1) is 0 Å². The minimum Gasteiger partial charge on any atom is -0.497 e. The first-order valence-corrected chi connectivity index (χ1v) is 6.82. The van der Waals surface area contributed by atoms with Crippen LogP contribution >= 0.6 is 0 Å². The average Bonchev–Trinajstić information content (AvgIpc) is 2.37. The van der Waals surface area contributed by atoms with Gasteiger partial charge in [0.15, 0.2) is 0 Å². The van der Waals surface area contributed by atoms with E-state index < -0.39 is 0 Å². The van der Waals surface area contributed by atoms with Crippen LogP contribution in [0, 0.1) is 5.41 Å². The van der Waals surface area contributed by atoms with E-state index in [1.807, 2.05) is 31.7 Å². The van der Waals surface area contributed by atoms with Gasteiger partial charge in [0.05, 0.1) is 13.2 Å². The molecule has 19 heavy (non-hydrogen) atoms. The molecule has 3 nitrogen and oxygen atoms in total. The van der Waals surface area contributed by atoms with Gasteiger partial charge in [0.2, 0.25) is 5.91 Å². The van der Waals surface area contributed by atoms with Crippen molar-refractivity contribution in [2.75, 3.05) is 13.7 Å². The lowest BCUT2D eigenvalue weighted by atomic mass is 9.88. The highest BCUT2D eigenvalue weighted by molar-refractivity contribution is 5.82. The maximum Gasteiger partial charge on any atom is 0.228 e. The first-order valence-electron chi connectivity index (χ1n) is 6.82. The third-order valence-corrected chi connectivity index (χ3v) is 3.80. The molecule has 1 atom stereocenters. The van der Waals surface area contributed by atoms with E-state index in [9.17, 15) is 4.79 Å². The largest absolute Gasteiger partial charge is 0.497 e. The Morgan fingerprint density at radius 1 is 1.37 bits per heavy atom. The molecule has 0 radical (unpaired) electrons. The standard InChI is InChI=1S/C16H23NO2/c1-11-14-10-13(19-5)7-6-12(14)8-9-17(11)15(18)16(2,3)4/h6-7,10-11H,8-9H2,1-5H3. The van der Waals surface area contributed by atoms with Crippen molar-refractivity contribution in [2.24, 2.45) is 5.41 Å². The van der Waals surface area contributed by atoms with Crippen LogP contribution in [0.15, 0.2) is 18.2 Å². The van der Waals surface area contributed by atoms with Gasteiger partial charge in [-0.2, -0.15) is 0 Å². The molecule has 0 bridgehead atoms. The van der Waals surface area contributed by atoms with Crippen LogP contribution in [0.1, 0.15) is 44.9 Å². The molecule has 1 amide bonds. The van der Waals surface area contributed by atoms with Crippen LogP contribution in [0.5, 0.6) is 5.75 Å². The number of benzene rings is 1. The number of ether oxygens (including phenoxy) is 1. The van der Waals surface area contributed by atoms with E-state index in [4.69, 9.17) is 4.74 Å². The summed E-state index contributed by atoms with van der Waals surface area (Å²) in [5, 5.41) is 0. The van der Waals surface area contributed by atoms with Crippen LogP contribution in [0.2, 0.25) is 0 Å². The number of rotatable bonds is 1. The summed E-state index contributed by atoms with van der Waals surface area (Å²) < 4.78 is 5.29. The van der Waals surface area contributed by atoms with E-state index >= 15 is 0 Å². The van der Waals surface area contributed by atoms with E-state index in [2.05, 4.69) is 19.1 Å². The molecule has 1 aliphatic rings. The van der Waals surface area contributed by atoms with Crippen LogP contribution in [0.25, 0.3) is 0 Å². The fourth-order valence-corrected chi connectivity index (χ4v) is 2.63. The van der Waals surface area contributed by atoms with Gasteiger partial charge in [-0.1, -0.05) is 26.8 Å². The van der Waals surface area contributed by atoms with Crippen molar-refractivity contribution in [3.8, 4) is 5.75 Å². The summed E-state index contributed by atoms with van der Waals surface area (Å²) in [5.41, 5.74) is 2.21. The predicted molar refractivity (Wildman–Crippen MR) is 76.3 cm³/mol. The van der Waals surface area contributed by atoms with E-state index in [0.717, 1.165) is 18.7 Å². The summed E-state index contributed by atoms with van der Waals surface area (Å²) in [4.78, 5) is 14.5. The van der Waals surface area contributed by atoms with E-state index in [1.165, 1.54) is 11.1 Å². The van der Waals surface area contributed by atoms with Crippen LogP contribution < -0.4 is 4.74 Å². The second kappa shape index (κ2) is 4.87. The van der Waals surface area contributed by atoms with Crippen molar-refractivity contribution in [3.05, 3.63) is 29.3 Å². The summed E-state index contributed by atoms with van der Waals surface area (Å²) in [6, 6.07) is 6.28. The molecule has 2 rings (SSSR count). The molecule has 1 aliphatic heterocycles. The molecule has 0 spiro atoms. The molecular weight excluding hydrogens is 238 g/mol.